The Morgan fingerprint density at radius 3 is 2.50 bits per heavy atom. The monoisotopic (exact) mass is 596 g/mol. The summed E-state index contributed by atoms with van der Waals surface area (Å²) in [6.07, 6.45) is 1.66. The second kappa shape index (κ2) is 10.7. The summed E-state index contributed by atoms with van der Waals surface area (Å²) in [6, 6.07) is 18.2. The highest BCUT2D eigenvalue weighted by Gasteiger charge is 2.28. The molecule has 1 aromatic heterocycles. The van der Waals surface area contributed by atoms with Crippen LogP contribution in [0.25, 0.3) is 11.0 Å². The lowest BCUT2D eigenvalue weighted by Gasteiger charge is -2.16. The number of ketones is 2. The molecule has 5 rings (SSSR count). The summed E-state index contributed by atoms with van der Waals surface area (Å²) < 4.78 is 39.1. The number of methoxy groups -OCH3 is 1. The number of carbonyl (C=O) groups is 2. The molecule has 1 fully saturated rings. The lowest BCUT2D eigenvalue weighted by Crippen LogP contribution is -2.28. The third-order valence-electron chi connectivity index (χ3n) is 6.50. The Hall–Kier alpha value is -3.47. The SMILES string of the molecule is COc1ccc(C(=O)c2oc3ccccc3c2NCC(=O)c2cccc(S(=O)(=O)N3CCCC3)c2)cc1Br. The van der Waals surface area contributed by atoms with Gasteiger partial charge in [-0.3, -0.25) is 9.59 Å². The van der Waals surface area contributed by atoms with Crippen LogP contribution in [0.4, 0.5) is 5.69 Å². The van der Waals surface area contributed by atoms with Gasteiger partial charge in [0.2, 0.25) is 15.8 Å². The second-order valence-corrected chi connectivity index (χ2v) is 11.7. The van der Waals surface area contributed by atoms with Crippen molar-refractivity contribution in [1.82, 2.24) is 4.31 Å². The molecule has 1 aliphatic rings. The molecule has 10 heteroatoms. The molecule has 3 aromatic carbocycles. The van der Waals surface area contributed by atoms with Gasteiger partial charge in [0, 0.05) is 29.6 Å². The molecule has 0 radical (unpaired) electrons. The minimum absolute atomic E-state index is 0.0708. The Bertz CT molecular complexity index is 1640. The number of furan rings is 1. The molecule has 0 spiro atoms. The van der Waals surface area contributed by atoms with E-state index in [0.29, 0.717) is 45.5 Å². The summed E-state index contributed by atoms with van der Waals surface area (Å²) in [5.41, 5.74) is 1.53. The summed E-state index contributed by atoms with van der Waals surface area (Å²) in [4.78, 5) is 26.7. The van der Waals surface area contributed by atoms with E-state index in [1.807, 2.05) is 6.07 Å². The third kappa shape index (κ3) is 4.99. The molecule has 1 aliphatic heterocycles. The molecule has 1 N–H and O–H groups in total. The van der Waals surface area contributed by atoms with Gasteiger partial charge in [0.05, 0.1) is 28.7 Å². The van der Waals surface area contributed by atoms with Crippen LogP contribution in [0, 0.1) is 0 Å². The first-order valence-corrected chi connectivity index (χ1v) is 14.3. The van der Waals surface area contributed by atoms with Crippen molar-refractivity contribution in [2.24, 2.45) is 0 Å². The predicted octanol–water partition coefficient (Wildman–Crippen LogP) is 5.51. The molecule has 4 aromatic rings. The van der Waals surface area contributed by atoms with Crippen LogP contribution in [0.1, 0.15) is 39.3 Å². The first kappa shape index (κ1) is 26.1. The average Bonchev–Trinajstić information content (AvgIpc) is 3.60. The van der Waals surface area contributed by atoms with Crippen molar-refractivity contribution in [3.8, 4) is 5.75 Å². The standard InChI is InChI=1S/C28H25BrN2O6S/c1-36-25-12-11-19(16-22(25)29)27(33)28-26(21-9-2-3-10-24(21)37-28)30-17-23(32)18-7-6-8-20(15-18)38(34,35)31-13-4-5-14-31/h2-3,6-12,15-16,30H,4-5,13-14,17H2,1H3. The van der Waals surface area contributed by atoms with Crippen LogP contribution in [0.3, 0.4) is 0 Å². The topological polar surface area (TPSA) is 106 Å². The number of fused-ring (bicyclic) bond motifs is 1. The lowest BCUT2D eigenvalue weighted by molar-refractivity contribution is 0.0997. The van der Waals surface area contributed by atoms with Crippen molar-refractivity contribution in [2.75, 3.05) is 32.1 Å². The number of ether oxygens (including phenoxy) is 1. The predicted molar refractivity (Wildman–Crippen MR) is 148 cm³/mol. The molecule has 196 valence electrons. The van der Waals surface area contributed by atoms with Crippen LogP contribution < -0.4 is 10.1 Å². The second-order valence-electron chi connectivity index (χ2n) is 8.90. The molecule has 0 unspecified atom stereocenters. The number of nitrogens with zero attached hydrogens (tertiary/aromatic N) is 1. The number of carbonyl (C=O) groups excluding carboxylic acids is 2. The molecule has 1 saturated heterocycles. The maximum atomic E-state index is 13.4. The molecule has 0 amide bonds. The smallest absolute Gasteiger partial charge is 0.243 e. The van der Waals surface area contributed by atoms with Crippen molar-refractivity contribution in [1.29, 1.82) is 0 Å². The van der Waals surface area contributed by atoms with E-state index in [1.54, 1.807) is 48.5 Å². The van der Waals surface area contributed by atoms with Crippen LogP contribution in [0.15, 0.2) is 80.5 Å². The number of halogens is 1. The Balaban J connectivity index is 1.42. The van der Waals surface area contributed by atoms with Crippen LogP contribution >= 0.6 is 15.9 Å². The number of Topliss-reactive ketones (excluding diaryl/α,β-unsaturated/α-hetero) is 1. The van der Waals surface area contributed by atoms with Gasteiger partial charge in [-0.15, -0.1) is 0 Å². The van der Waals surface area contributed by atoms with Crippen LogP contribution in [0.5, 0.6) is 5.75 Å². The zero-order chi connectivity index (χ0) is 26.9. The normalized spacial score (nSPS) is 14.1. The Morgan fingerprint density at radius 2 is 1.76 bits per heavy atom. The molecular formula is C28H25BrN2O6S. The van der Waals surface area contributed by atoms with E-state index in [2.05, 4.69) is 21.2 Å². The van der Waals surface area contributed by atoms with Gasteiger partial charge in [0.1, 0.15) is 11.3 Å². The van der Waals surface area contributed by atoms with Gasteiger partial charge >= 0.3 is 0 Å². The molecule has 38 heavy (non-hydrogen) atoms. The number of hydrogen-bond acceptors (Lipinski definition) is 7. The number of nitrogens with one attached hydrogen (secondary N) is 1. The van der Waals surface area contributed by atoms with Gasteiger partial charge in [-0.2, -0.15) is 4.31 Å². The van der Waals surface area contributed by atoms with Crippen molar-refractivity contribution in [2.45, 2.75) is 17.7 Å². The molecule has 0 atom stereocenters. The number of para-hydroxylation sites is 1. The first-order chi connectivity index (χ1) is 18.3. The van der Waals surface area contributed by atoms with E-state index >= 15 is 0 Å². The van der Waals surface area contributed by atoms with Crippen molar-refractivity contribution in [3.05, 3.63) is 88.1 Å². The quantitative estimate of drug-likeness (QED) is 0.254. The highest BCUT2D eigenvalue weighted by molar-refractivity contribution is 9.10. The average molecular weight is 597 g/mol. The van der Waals surface area contributed by atoms with Gasteiger partial charge in [-0.1, -0.05) is 24.3 Å². The largest absolute Gasteiger partial charge is 0.496 e. The van der Waals surface area contributed by atoms with E-state index in [0.717, 1.165) is 12.8 Å². The molecule has 2 heterocycles. The van der Waals surface area contributed by atoms with Gasteiger partial charge in [-0.05, 0) is 71.2 Å². The zero-order valence-corrected chi connectivity index (χ0v) is 23.0. The number of sulfonamides is 1. The van der Waals surface area contributed by atoms with Crippen LogP contribution in [-0.2, 0) is 10.0 Å². The number of hydrogen-bond donors (Lipinski definition) is 1. The van der Waals surface area contributed by atoms with Gasteiger partial charge in [-0.25, -0.2) is 8.42 Å². The minimum atomic E-state index is -3.65. The van der Waals surface area contributed by atoms with E-state index in [-0.39, 0.29) is 34.3 Å². The van der Waals surface area contributed by atoms with Crippen molar-refractivity contribution >= 4 is 54.2 Å². The summed E-state index contributed by atoms with van der Waals surface area (Å²) >= 11 is 3.40. The highest BCUT2D eigenvalue weighted by atomic mass is 79.9. The van der Waals surface area contributed by atoms with Crippen LogP contribution in [0.2, 0.25) is 0 Å². The van der Waals surface area contributed by atoms with Gasteiger partial charge in [0.15, 0.2) is 11.5 Å². The van der Waals surface area contributed by atoms with Gasteiger partial charge in [0.25, 0.3) is 0 Å². The van der Waals surface area contributed by atoms with E-state index in [9.17, 15) is 18.0 Å². The van der Waals surface area contributed by atoms with Crippen molar-refractivity contribution in [3.63, 3.8) is 0 Å². The van der Waals surface area contributed by atoms with Crippen molar-refractivity contribution < 1.29 is 27.2 Å². The Labute approximate surface area is 228 Å². The maximum Gasteiger partial charge on any atom is 0.243 e. The third-order valence-corrected chi connectivity index (χ3v) is 9.01. The fourth-order valence-corrected chi connectivity index (χ4v) is 6.60. The number of anilines is 1. The fourth-order valence-electron chi connectivity index (χ4n) is 4.50. The fraction of sp³-hybridized carbons (Fsp3) is 0.214. The minimum Gasteiger partial charge on any atom is -0.496 e. The number of benzene rings is 3. The van der Waals surface area contributed by atoms with E-state index < -0.39 is 10.0 Å². The highest BCUT2D eigenvalue weighted by Crippen LogP contribution is 2.34. The summed E-state index contributed by atoms with van der Waals surface area (Å²) in [6.45, 7) is 0.803. The zero-order valence-electron chi connectivity index (χ0n) is 20.6. The lowest BCUT2D eigenvalue weighted by atomic mass is 10.1. The van der Waals surface area contributed by atoms with E-state index in [4.69, 9.17) is 9.15 Å². The molecule has 0 aliphatic carbocycles. The first-order valence-electron chi connectivity index (χ1n) is 12.1. The summed E-state index contributed by atoms with van der Waals surface area (Å²) in [7, 11) is -2.11. The van der Waals surface area contributed by atoms with Gasteiger partial charge < -0.3 is 14.5 Å². The molecule has 0 saturated carbocycles. The summed E-state index contributed by atoms with van der Waals surface area (Å²) in [5.74, 6) is -0.0249. The number of rotatable bonds is 9. The van der Waals surface area contributed by atoms with E-state index in [1.165, 1.54) is 23.5 Å². The molecule has 0 bridgehead atoms. The Morgan fingerprint density at radius 1 is 1.00 bits per heavy atom. The van der Waals surface area contributed by atoms with Crippen LogP contribution in [-0.4, -0.2) is 51.0 Å². The Kier molecular flexibility index (Phi) is 7.38. The molecular weight excluding hydrogens is 572 g/mol. The molecule has 8 nitrogen and oxygen atoms in total. The maximum absolute atomic E-state index is 13.4. The summed E-state index contributed by atoms with van der Waals surface area (Å²) in [5, 5.41) is 3.73.